The lowest BCUT2D eigenvalue weighted by Crippen LogP contribution is -2.10. The number of hydrogen-bond donors (Lipinski definition) is 0. The van der Waals surface area contributed by atoms with Crippen LogP contribution < -0.4 is 0 Å². The van der Waals surface area contributed by atoms with Crippen LogP contribution in [0.25, 0.3) is 11.0 Å². The maximum Gasteiger partial charge on any atom is 0.171 e. The number of rotatable bonds is 3. The van der Waals surface area contributed by atoms with Gasteiger partial charge in [-0.1, -0.05) is 20.8 Å². The van der Waals surface area contributed by atoms with Gasteiger partial charge in [0.1, 0.15) is 11.3 Å². The first kappa shape index (κ1) is 14.8. The summed E-state index contributed by atoms with van der Waals surface area (Å²) in [4.78, 5) is 0. The summed E-state index contributed by atoms with van der Waals surface area (Å²) >= 11 is 3.61. The van der Waals surface area contributed by atoms with Crippen LogP contribution in [-0.2, 0) is 16.4 Å². The van der Waals surface area contributed by atoms with E-state index in [0.29, 0.717) is 6.61 Å². The molecule has 4 heteroatoms. The Morgan fingerprint density at radius 3 is 2.47 bits per heavy atom. The third-order valence-electron chi connectivity index (χ3n) is 3.05. The lowest BCUT2D eigenvalue weighted by atomic mass is 9.86. The Balaban J connectivity index is 2.39. The van der Waals surface area contributed by atoms with Crippen molar-refractivity contribution in [2.45, 2.75) is 45.9 Å². The molecule has 0 amide bonds. The smallest absolute Gasteiger partial charge is 0.171 e. The average Bonchev–Trinajstić information content (AvgIpc) is 2.68. The Morgan fingerprint density at radius 1 is 1.21 bits per heavy atom. The molecule has 1 aromatic carbocycles. The molecule has 2 aromatic rings. The van der Waals surface area contributed by atoms with Gasteiger partial charge in [-0.3, -0.25) is 0 Å². The van der Waals surface area contributed by atoms with E-state index in [9.17, 15) is 0 Å². The minimum Gasteiger partial charge on any atom is -0.457 e. The SMILES string of the molecule is C[SiH](C)OCc1cc2cc(C(C)(C)C)cc(Br)c2o1. The van der Waals surface area contributed by atoms with Gasteiger partial charge < -0.3 is 8.84 Å². The van der Waals surface area contributed by atoms with Crippen molar-refractivity contribution in [2.75, 3.05) is 0 Å². The normalized spacial score (nSPS) is 12.6. The van der Waals surface area contributed by atoms with Crippen LogP contribution >= 0.6 is 15.9 Å². The molecule has 0 atom stereocenters. The minimum atomic E-state index is -1.01. The summed E-state index contributed by atoms with van der Waals surface area (Å²) in [5, 5.41) is 1.14. The van der Waals surface area contributed by atoms with Crippen LogP contribution in [0.4, 0.5) is 0 Å². The second kappa shape index (κ2) is 5.42. The number of fused-ring (bicyclic) bond motifs is 1. The van der Waals surface area contributed by atoms with E-state index in [0.717, 1.165) is 21.2 Å². The molecule has 0 aliphatic carbocycles. The van der Waals surface area contributed by atoms with Gasteiger partial charge in [0.15, 0.2) is 9.04 Å². The molecule has 0 aliphatic rings. The zero-order chi connectivity index (χ0) is 14.2. The molecule has 0 saturated carbocycles. The predicted molar refractivity (Wildman–Crippen MR) is 86.3 cm³/mol. The Hall–Kier alpha value is -0.583. The molecule has 0 radical (unpaired) electrons. The van der Waals surface area contributed by atoms with Gasteiger partial charge in [-0.05, 0) is 58.2 Å². The number of furan rings is 1. The quantitative estimate of drug-likeness (QED) is 0.734. The first-order valence-corrected chi connectivity index (χ1v) is 10.2. The Bertz CT molecular complexity index is 582. The second-order valence-corrected chi connectivity index (χ2v) is 9.48. The molecule has 0 aliphatic heterocycles. The van der Waals surface area contributed by atoms with Crippen molar-refractivity contribution >= 4 is 35.9 Å². The zero-order valence-corrected chi connectivity index (χ0v) is 15.0. The monoisotopic (exact) mass is 340 g/mol. The van der Waals surface area contributed by atoms with Crippen molar-refractivity contribution in [3.05, 3.63) is 34.0 Å². The summed E-state index contributed by atoms with van der Waals surface area (Å²) in [6.07, 6.45) is 0. The van der Waals surface area contributed by atoms with Crippen molar-refractivity contribution in [3.63, 3.8) is 0 Å². The fourth-order valence-corrected chi connectivity index (χ4v) is 2.97. The number of hydrogen-bond acceptors (Lipinski definition) is 2. The molecule has 0 N–H and O–H groups in total. The van der Waals surface area contributed by atoms with E-state index in [1.807, 2.05) is 0 Å². The molecule has 2 rings (SSSR count). The highest BCUT2D eigenvalue weighted by molar-refractivity contribution is 9.10. The summed E-state index contributed by atoms with van der Waals surface area (Å²) in [6, 6.07) is 6.44. The maximum atomic E-state index is 5.87. The lowest BCUT2D eigenvalue weighted by molar-refractivity contribution is 0.280. The molecule has 104 valence electrons. The van der Waals surface area contributed by atoms with Crippen LogP contribution in [0.3, 0.4) is 0 Å². The fraction of sp³-hybridized carbons (Fsp3) is 0.467. The number of halogens is 1. The molecule has 2 nitrogen and oxygen atoms in total. The molecule has 0 bridgehead atoms. The van der Waals surface area contributed by atoms with Crippen LogP contribution in [0.5, 0.6) is 0 Å². The first-order valence-electron chi connectivity index (χ1n) is 6.61. The molecule has 19 heavy (non-hydrogen) atoms. The molecule has 0 unspecified atom stereocenters. The molecule has 1 heterocycles. The topological polar surface area (TPSA) is 22.4 Å². The van der Waals surface area contributed by atoms with Crippen LogP contribution in [0, 0.1) is 0 Å². The highest BCUT2D eigenvalue weighted by Gasteiger charge is 2.17. The first-order chi connectivity index (χ1) is 8.77. The van der Waals surface area contributed by atoms with Crippen LogP contribution in [-0.4, -0.2) is 9.04 Å². The van der Waals surface area contributed by atoms with Crippen LogP contribution in [0.2, 0.25) is 13.1 Å². The minimum absolute atomic E-state index is 0.134. The highest BCUT2D eigenvalue weighted by atomic mass is 79.9. The van der Waals surface area contributed by atoms with E-state index in [1.54, 1.807) is 0 Å². The largest absolute Gasteiger partial charge is 0.457 e. The third kappa shape index (κ3) is 3.49. The molecular weight excluding hydrogens is 320 g/mol. The third-order valence-corrected chi connectivity index (χ3v) is 4.47. The van der Waals surface area contributed by atoms with Gasteiger partial charge in [0.25, 0.3) is 0 Å². The van der Waals surface area contributed by atoms with Crippen molar-refractivity contribution in [2.24, 2.45) is 0 Å². The van der Waals surface area contributed by atoms with Crippen molar-refractivity contribution in [1.82, 2.24) is 0 Å². The van der Waals surface area contributed by atoms with Gasteiger partial charge in [-0.15, -0.1) is 0 Å². The molecule has 1 aromatic heterocycles. The zero-order valence-electron chi connectivity index (χ0n) is 12.2. The van der Waals surface area contributed by atoms with Crippen molar-refractivity contribution in [1.29, 1.82) is 0 Å². The van der Waals surface area contributed by atoms with Gasteiger partial charge in [0, 0.05) is 5.39 Å². The van der Waals surface area contributed by atoms with Crippen molar-refractivity contribution in [3.8, 4) is 0 Å². The summed E-state index contributed by atoms with van der Waals surface area (Å²) in [5.74, 6) is 0.906. The van der Waals surface area contributed by atoms with E-state index < -0.39 is 9.04 Å². The molecule has 0 fully saturated rings. The van der Waals surface area contributed by atoms with E-state index in [2.05, 4.69) is 68.0 Å². The standard InChI is InChI=1S/C15H21BrO2Si/c1-15(2,3)11-6-10-7-12(9-17-19(4)5)18-14(10)13(16)8-11/h6-8,19H,9H2,1-5H3. The summed E-state index contributed by atoms with van der Waals surface area (Å²) in [7, 11) is -1.01. The Kier molecular flexibility index (Phi) is 4.23. The number of benzene rings is 1. The van der Waals surface area contributed by atoms with E-state index in [-0.39, 0.29) is 5.41 Å². The Labute approximate surface area is 125 Å². The van der Waals surface area contributed by atoms with Gasteiger partial charge in [0.2, 0.25) is 0 Å². The van der Waals surface area contributed by atoms with Gasteiger partial charge in [-0.25, -0.2) is 0 Å². The summed E-state index contributed by atoms with van der Waals surface area (Å²) in [6.45, 7) is 11.6. The summed E-state index contributed by atoms with van der Waals surface area (Å²) in [5.41, 5.74) is 2.35. The lowest BCUT2D eigenvalue weighted by Gasteiger charge is -2.19. The van der Waals surface area contributed by atoms with E-state index in [4.69, 9.17) is 8.84 Å². The molecule has 0 saturated heterocycles. The van der Waals surface area contributed by atoms with E-state index >= 15 is 0 Å². The second-order valence-electron chi connectivity index (χ2n) is 6.20. The average molecular weight is 341 g/mol. The summed E-state index contributed by atoms with van der Waals surface area (Å²) < 4.78 is 12.6. The van der Waals surface area contributed by atoms with Crippen LogP contribution in [0.15, 0.2) is 27.1 Å². The van der Waals surface area contributed by atoms with Crippen molar-refractivity contribution < 1.29 is 8.84 Å². The fourth-order valence-electron chi connectivity index (χ4n) is 1.92. The van der Waals surface area contributed by atoms with Gasteiger partial charge >= 0.3 is 0 Å². The van der Waals surface area contributed by atoms with Crippen LogP contribution in [0.1, 0.15) is 32.1 Å². The van der Waals surface area contributed by atoms with E-state index in [1.165, 1.54) is 5.56 Å². The molecular formula is C15H21BrO2Si. The van der Waals surface area contributed by atoms with Gasteiger partial charge in [0.05, 0.1) is 11.1 Å². The highest BCUT2D eigenvalue weighted by Crippen LogP contribution is 2.33. The predicted octanol–water partition coefficient (Wildman–Crippen LogP) is 4.99. The molecule has 0 spiro atoms. The Morgan fingerprint density at radius 2 is 1.89 bits per heavy atom. The van der Waals surface area contributed by atoms with Gasteiger partial charge in [-0.2, -0.15) is 0 Å². The maximum absolute atomic E-state index is 5.87.